The highest BCUT2D eigenvalue weighted by atomic mass is 19.1. The SMILES string of the molecule is CCCCOc1ccc2c(c1F)C(=O)c1c-2ccc(OCC)c1F. The topological polar surface area (TPSA) is 35.5 Å². The Labute approximate surface area is 139 Å². The third kappa shape index (κ3) is 2.54. The summed E-state index contributed by atoms with van der Waals surface area (Å²) in [6.45, 7) is 4.38. The fourth-order valence-corrected chi connectivity index (χ4v) is 2.84. The van der Waals surface area contributed by atoms with Crippen LogP contribution in [0.2, 0.25) is 0 Å². The smallest absolute Gasteiger partial charge is 0.200 e. The molecule has 5 heteroatoms. The Kier molecular flexibility index (Phi) is 4.51. The van der Waals surface area contributed by atoms with Gasteiger partial charge in [0.15, 0.2) is 28.9 Å². The Morgan fingerprint density at radius 2 is 1.42 bits per heavy atom. The molecule has 2 aromatic rings. The highest BCUT2D eigenvalue weighted by Crippen LogP contribution is 2.43. The van der Waals surface area contributed by atoms with Crippen molar-refractivity contribution in [3.8, 4) is 22.6 Å². The van der Waals surface area contributed by atoms with Gasteiger partial charge in [-0.25, -0.2) is 8.78 Å². The molecule has 0 spiro atoms. The highest BCUT2D eigenvalue weighted by molar-refractivity contribution is 6.22. The standard InChI is InChI=1S/C19H18F2O3/c1-3-5-10-24-14-9-7-12-11-6-8-13(23-4-2)17(20)15(11)19(22)16(12)18(14)21/h6-9H,3-5,10H2,1-2H3. The van der Waals surface area contributed by atoms with Gasteiger partial charge in [-0.05, 0) is 48.7 Å². The Balaban J connectivity index is 2.05. The van der Waals surface area contributed by atoms with Crippen LogP contribution in [-0.2, 0) is 0 Å². The number of rotatable bonds is 6. The van der Waals surface area contributed by atoms with Gasteiger partial charge in [0.1, 0.15) is 0 Å². The molecule has 0 atom stereocenters. The lowest BCUT2D eigenvalue weighted by atomic mass is 10.0. The minimum Gasteiger partial charge on any atom is -0.491 e. The first-order chi connectivity index (χ1) is 11.6. The Hall–Kier alpha value is -2.43. The van der Waals surface area contributed by atoms with Crippen LogP contribution in [0, 0.1) is 11.6 Å². The summed E-state index contributed by atoms with van der Waals surface area (Å²) in [5.74, 6) is -2.13. The molecule has 24 heavy (non-hydrogen) atoms. The molecule has 0 radical (unpaired) electrons. The second-order valence-electron chi connectivity index (χ2n) is 5.56. The molecular weight excluding hydrogens is 314 g/mol. The molecule has 0 heterocycles. The largest absolute Gasteiger partial charge is 0.491 e. The van der Waals surface area contributed by atoms with Gasteiger partial charge in [0, 0.05) is 0 Å². The van der Waals surface area contributed by atoms with Crippen LogP contribution in [0.15, 0.2) is 24.3 Å². The van der Waals surface area contributed by atoms with Gasteiger partial charge in [-0.15, -0.1) is 0 Å². The number of halogens is 2. The number of fused-ring (bicyclic) bond motifs is 3. The fourth-order valence-electron chi connectivity index (χ4n) is 2.84. The van der Waals surface area contributed by atoms with E-state index in [1.807, 2.05) is 6.92 Å². The number of benzene rings is 2. The molecule has 1 aliphatic carbocycles. The zero-order valence-corrected chi connectivity index (χ0v) is 13.6. The Bertz CT molecular complexity index is 800. The first-order valence-corrected chi connectivity index (χ1v) is 8.05. The summed E-state index contributed by atoms with van der Waals surface area (Å²) in [5.41, 5.74) is 0.499. The fraction of sp³-hybridized carbons (Fsp3) is 0.316. The van der Waals surface area contributed by atoms with Gasteiger partial charge in [-0.1, -0.05) is 13.3 Å². The maximum atomic E-state index is 14.7. The van der Waals surface area contributed by atoms with E-state index in [2.05, 4.69) is 0 Å². The number of unbranched alkanes of at least 4 members (excludes halogenated alkanes) is 1. The molecule has 3 nitrogen and oxygen atoms in total. The third-order valence-electron chi connectivity index (χ3n) is 4.01. The van der Waals surface area contributed by atoms with Crippen LogP contribution in [-0.4, -0.2) is 19.0 Å². The maximum absolute atomic E-state index is 14.7. The molecule has 0 amide bonds. The predicted molar refractivity (Wildman–Crippen MR) is 86.8 cm³/mol. The van der Waals surface area contributed by atoms with Crippen molar-refractivity contribution >= 4 is 5.78 Å². The normalized spacial score (nSPS) is 12.1. The highest BCUT2D eigenvalue weighted by Gasteiger charge is 2.35. The number of carbonyl (C=O) groups excluding carboxylic acids is 1. The first kappa shape index (κ1) is 16.4. The summed E-state index contributed by atoms with van der Waals surface area (Å²) in [4.78, 5) is 12.6. The van der Waals surface area contributed by atoms with Crippen molar-refractivity contribution in [2.24, 2.45) is 0 Å². The average molecular weight is 332 g/mol. The van der Waals surface area contributed by atoms with Gasteiger partial charge in [0.25, 0.3) is 0 Å². The number of hydrogen-bond acceptors (Lipinski definition) is 3. The molecule has 126 valence electrons. The van der Waals surface area contributed by atoms with E-state index in [4.69, 9.17) is 9.47 Å². The van der Waals surface area contributed by atoms with Crippen LogP contribution >= 0.6 is 0 Å². The van der Waals surface area contributed by atoms with Crippen LogP contribution in [0.5, 0.6) is 11.5 Å². The molecular formula is C19H18F2O3. The monoisotopic (exact) mass is 332 g/mol. The van der Waals surface area contributed by atoms with Crippen LogP contribution in [0.3, 0.4) is 0 Å². The Morgan fingerprint density at radius 1 is 0.875 bits per heavy atom. The summed E-state index contributed by atoms with van der Waals surface area (Å²) in [5, 5.41) is 0. The third-order valence-corrected chi connectivity index (χ3v) is 4.01. The lowest BCUT2D eigenvalue weighted by Gasteiger charge is -2.09. The number of carbonyl (C=O) groups is 1. The summed E-state index contributed by atoms with van der Waals surface area (Å²) in [6.07, 6.45) is 1.71. The van der Waals surface area contributed by atoms with Gasteiger partial charge in [0.2, 0.25) is 0 Å². The van der Waals surface area contributed by atoms with Crippen molar-refractivity contribution in [2.75, 3.05) is 13.2 Å². The molecule has 3 rings (SSSR count). The van der Waals surface area contributed by atoms with Crippen molar-refractivity contribution in [3.05, 3.63) is 47.0 Å². The number of ether oxygens (including phenoxy) is 2. The van der Waals surface area contributed by atoms with E-state index in [1.165, 1.54) is 12.1 Å². The maximum Gasteiger partial charge on any atom is 0.200 e. The van der Waals surface area contributed by atoms with Gasteiger partial charge < -0.3 is 9.47 Å². The van der Waals surface area contributed by atoms with Crippen molar-refractivity contribution in [1.82, 2.24) is 0 Å². The number of hydrogen-bond donors (Lipinski definition) is 0. The van der Waals surface area contributed by atoms with E-state index in [9.17, 15) is 13.6 Å². The predicted octanol–water partition coefficient (Wildman–Crippen LogP) is 4.75. The van der Waals surface area contributed by atoms with Crippen molar-refractivity contribution in [2.45, 2.75) is 26.7 Å². The molecule has 0 saturated carbocycles. The molecule has 0 saturated heterocycles. The van der Waals surface area contributed by atoms with Crippen molar-refractivity contribution in [3.63, 3.8) is 0 Å². The molecule has 0 unspecified atom stereocenters. The zero-order chi connectivity index (χ0) is 17.3. The van der Waals surface area contributed by atoms with E-state index in [-0.39, 0.29) is 29.2 Å². The van der Waals surface area contributed by atoms with Crippen molar-refractivity contribution < 1.29 is 23.0 Å². The summed E-state index contributed by atoms with van der Waals surface area (Å²) in [6, 6.07) is 6.14. The van der Waals surface area contributed by atoms with Gasteiger partial charge >= 0.3 is 0 Å². The first-order valence-electron chi connectivity index (χ1n) is 8.05. The van der Waals surface area contributed by atoms with Gasteiger partial charge in [0.05, 0.1) is 24.3 Å². The molecule has 0 aromatic heterocycles. The lowest BCUT2D eigenvalue weighted by molar-refractivity contribution is 0.103. The van der Waals surface area contributed by atoms with E-state index < -0.39 is 17.4 Å². The second kappa shape index (κ2) is 6.59. The zero-order valence-electron chi connectivity index (χ0n) is 13.6. The van der Waals surface area contributed by atoms with E-state index in [0.29, 0.717) is 17.7 Å². The van der Waals surface area contributed by atoms with Crippen LogP contribution < -0.4 is 9.47 Å². The van der Waals surface area contributed by atoms with Crippen LogP contribution in [0.4, 0.5) is 8.78 Å². The van der Waals surface area contributed by atoms with Crippen LogP contribution in [0.1, 0.15) is 42.6 Å². The van der Waals surface area contributed by atoms with E-state index in [1.54, 1.807) is 19.1 Å². The van der Waals surface area contributed by atoms with E-state index in [0.717, 1.165) is 12.8 Å². The molecule has 0 bridgehead atoms. The second-order valence-corrected chi connectivity index (χ2v) is 5.56. The minimum atomic E-state index is -0.747. The molecule has 1 aliphatic rings. The summed E-state index contributed by atoms with van der Waals surface area (Å²) in [7, 11) is 0. The molecule has 0 fully saturated rings. The van der Waals surface area contributed by atoms with Crippen LogP contribution in [0.25, 0.3) is 11.1 Å². The minimum absolute atomic E-state index is 0.00256. The molecule has 0 N–H and O–H groups in total. The lowest BCUT2D eigenvalue weighted by Crippen LogP contribution is -2.06. The summed E-state index contributed by atoms with van der Waals surface area (Å²) < 4.78 is 39.8. The van der Waals surface area contributed by atoms with Crippen molar-refractivity contribution in [1.29, 1.82) is 0 Å². The number of ketones is 1. The average Bonchev–Trinajstić information content (AvgIpc) is 2.86. The molecule has 0 aliphatic heterocycles. The van der Waals surface area contributed by atoms with E-state index >= 15 is 0 Å². The molecule has 2 aromatic carbocycles. The van der Waals surface area contributed by atoms with Gasteiger partial charge in [-0.2, -0.15) is 0 Å². The quantitative estimate of drug-likeness (QED) is 0.611. The van der Waals surface area contributed by atoms with Gasteiger partial charge in [-0.3, -0.25) is 4.79 Å². The Morgan fingerprint density at radius 3 is 1.92 bits per heavy atom. The summed E-state index contributed by atoms with van der Waals surface area (Å²) >= 11 is 0.